The van der Waals surface area contributed by atoms with E-state index >= 15 is 0 Å². The number of carboxylic acids is 1. The highest BCUT2D eigenvalue weighted by Gasteiger charge is 2.35. The molecule has 2 N–H and O–H groups in total. The largest absolute Gasteiger partial charge is 0.481 e. The Labute approximate surface area is 143 Å². The molecule has 0 bridgehead atoms. The summed E-state index contributed by atoms with van der Waals surface area (Å²) >= 11 is 3.32. The van der Waals surface area contributed by atoms with Crippen molar-refractivity contribution in [1.82, 2.24) is 10.2 Å². The maximum atomic E-state index is 12.6. The monoisotopic (exact) mass is 382 g/mol. The Bertz CT molecular complexity index is 603. The third-order valence-electron chi connectivity index (χ3n) is 3.78. The van der Waals surface area contributed by atoms with Crippen LogP contribution in [0.25, 0.3) is 0 Å². The number of halogens is 1. The molecule has 1 heterocycles. The van der Waals surface area contributed by atoms with Crippen LogP contribution in [0.5, 0.6) is 0 Å². The molecule has 1 saturated heterocycles. The number of likely N-dealkylation sites (tertiary alicyclic amines) is 1. The minimum absolute atomic E-state index is 0.140. The number of amides is 2. The van der Waals surface area contributed by atoms with Crippen LogP contribution < -0.4 is 5.32 Å². The normalized spacial score (nSPS) is 18.5. The number of rotatable bonds is 5. The highest BCUT2D eigenvalue weighted by atomic mass is 79.9. The van der Waals surface area contributed by atoms with Gasteiger partial charge in [0.15, 0.2) is 0 Å². The zero-order valence-corrected chi connectivity index (χ0v) is 14.4. The molecule has 124 valence electrons. The SMILES string of the molecule is CC(CC(=O)O)NC(=O)C1CCCN1C(=O)c1ccc(Br)cc1. The molecule has 1 aromatic carbocycles. The Kier molecular flexibility index (Phi) is 5.76. The number of carbonyl (C=O) groups is 3. The fourth-order valence-electron chi connectivity index (χ4n) is 2.69. The lowest BCUT2D eigenvalue weighted by atomic mass is 10.1. The fraction of sp³-hybridized carbons (Fsp3) is 0.438. The lowest BCUT2D eigenvalue weighted by molar-refractivity contribution is -0.137. The van der Waals surface area contributed by atoms with Gasteiger partial charge in [0.05, 0.1) is 6.42 Å². The Morgan fingerprint density at radius 2 is 2.00 bits per heavy atom. The van der Waals surface area contributed by atoms with E-state index in [1.807, 2.05) is 0 Å². The second-order valence-corrected chi connectivity index (χ2v) is 6.59. The maximum absolute atomic E-state index is 12.6. The summed E-state index contributed by atoms with van der Waals surface area (Å²) in [7, 11) is 0. The van der Waals surface area contributed by atoms with E-state index in [1.54, 1.807) is 36.1 Å². The molecule has 1 aliphatic rings. The number of aliphatic carboxylic acids is 1. The van der Waals surface area contributed by atoms with Crippen molar-refractivity contribution in [1.29, 1.82) is 0 Å². The molecule has 2 amide bonds. The molecule has 1 fully saturated rings. The van der Waals surface area contributed by atoms with Crippen molar-refractivity contribution in [2.75, 3.05) is 6.54 Å². The van der Waals surface area contributed by atoms with Gasteiger partial charge in [0.25, 0.3) is 5.91 Å². The molecule has 2 unspecified atom stereocenters. The van der Waals surface area contributed by atoms with E-state index in [9.17, 15) is 14.4 Å². The molecule has 0 spiro atoms. The van der Waals surface area contributed by atoms with Crippen LogP contribution in [0.3, 0.4) is 0 Å². The van der Waals surface area contributed by atoms with Gasteiger partial charge in [-0.1, -0.05) is 15.9 Å². The lowest BCUT2D eigenvalue weighted by Gasteiger charge is -2.25. The third-order valence-corrected chi connectivity index (χ3v) is 4.31. The molecule has 6 nitrogen and oxygen atoms in total. The third kappa shape index (κ3) is 4.54. The molecule has 0 saturated carbocycles. The zero-order chi connectivity index (χ0) is 17.0. The molecule has 7 heteroatoms. The summed E-state index contributed by atoms with van der Waals surface area (Å²) in [6.07, 6.45) is 1.21. The first-order valence-electron chi connectivity index (χ1n) is 7.47. The Morgan fingerprint density at radius 1 is 1.35 bits per heavy atom. The van der Waals surface area contributed by atoms with Gasteiger partial charge in [0.1, 0.15) is 6.04 Å². The number of hydrogen-bond donors (Lipinski definition) is 2. The first-order chi connectivity index (χ1) is 10.9. The maximum Gasteiger partial charge on any atom is 0.305 e. The van der Waals surface area contributed by atoms with Gasteiger partial charge in [-0.3, -0.25) is 14.4 Å². The first kappa shape index (κ1) is 17.5. The summed E-state index contributed by atoms with van der Waals surface area (Å²) < 4.78 is 0.882. The lowest BCUT2D eigenvalue weighted by Crippen LogP contribution is -2.48. The Hall–Kier alpha value is -1.89. The van der Waals surface area contributed by atoms with Crippen molar-refractivity contribution in [2.24, 2.45) is 0 Å². The molecule has 23 heavy (non-hydrogen) atoms. The number of nitrogens with zero attached hydrogens (tertiary/aromatic N) is 1. The summed E-state index contributed by atoms with van der Waals surface area (Å²) in [5.74, 6) is -1.44. The van der Waals surface area contributed by atoms with Crippen LogP contribution in [0.2, 0.25) is 0 Å². The van der Waals surface area contributed by atoms with Crippen molar-refractivity contribution >= 4 is 33.7 Å². The smallest absolute Gasteiger partial charge is 0.305 e. The Balaban J connectivity index is 2.04. The molecule has 0 aliphatic carbocycles. The Morgan fingerprint density at radius 3 is 2.61 bits per heavy atom. The summed E-state index contributed by atoms with van der Waals surface area (Å²) in [6.45, 7) is 2.17. The number of carboxylic acid groups (broad SMARTS) is 1. The average Bonchev–Trinajstić information content (AvgIpc) is 2.95. The second-order valence-electron chi connectivity index (χ2n) is 5.67. The van der Waals surface area contributed by atoms with Crippen molar-refractivity contribution in [3.05, 3.63) is 34.3 Å². The highest BCUT2D eigenvalue weighted by Crippen LogP contribution is 2.21. The van der Waals surface area contributed by atoms with Crippen LogP contribution >= 0.6 is 15.9 Å². The van der Waals surface area contributed by atoms with Gasteiger partial charge in [0, 0.05) is 22.6 Å². The zero-order valence-electron chi connectivity index (χ0n) is 12.8. The van der Waals surface area contributed by atoms with Crippen LogP contribution in [-0.4, -0.2) is 46.4 Å². The molecular weight excluding hydrogens is 364 g/mol. The van der Waals surface area contributed by atoms with Crippen LogP contribution in [0, 0.1) is 0 Å². The number of nitrogens with one attached hydrogen (secondary N) is 1. The van der Waals surface area contributed by atoms with Crippen LogP contribution in [-0.2, 0) is 9.59 Å². The molecular formula is C16H19BrN2O4. The van der Waals surface area contributed by atoms with Crippen LogP contribution in [0.4, 0.5) is 0 Å². The van der Waals surface area contributed by atoms with E-state index in [-0.39, 0.29) is 18.2 Å². The van der Waals surface area contributed by atoms with Crippen molar-refractivity contribution < 1.29 is 19.5 Å². The molecule has 1 aliphatic heterocycles. The average molecular weight is 383 g/mol. The number of carbonyl (C=O) groups excluding carboxylic acids is 2. The minimum atomic E-state index is -0.966. The van der Waals surface area contributed by atoms with Gasteiger partial charge in [-0.2, -0.15) is 0 Å². The molecule has 2 atom stereocenters. The van der Waals surface area contributed by atoms with Crippen molar-refractivity contribution in [2.45, 2.75) is 38.3 Å². The molecule has 2 rings (SSSR count). The van der Waals surface area contributed by atoms with E-state index < -0.39 is 18.1 Å². The van der Waals surface area contributed by atoms with E-state index in [0.717, 1.165) is 10.9 Å². The predicted octanol–water partition coefficient (Wildman–Crippen LogP) is 2.03. The first-order valence-corrected chi connectivity index (χ1v) is 8.26. The summed E-state index contributed by atoms with van der Waals surface area (Å²) in [4.78, 5) is 37.1. The highest BCUT2D eigenvalue weighted by molar-refractivity contribution is 9.10. The van der Waals surface area contributed by atoms with Crippen LogP contribution in [0.15, 0.2) is 28.7 Å². The summed E-state index contributed by atoms with van der Waals surface area (Å²) in [5, 5.41) is 11.4. The summed E-state index contributed by atoms with van der Waals surface area (Å²) in [6, 6.07) is 5.99. The van der Waals surface area contributed by atoms with Crippen molar-refractivity contribution in [3.8, 4) is 0 Å². The van der Waals surface area contributed by atoms with Gasteiger partial charge >= 0.3 is 5.97 Å². The van der Waals surface area contributed by atoms with E-state index in [2.05, 4.69) is 21.2 Å². The predicted molar refractivity (Wildman–Crippen MR) is 88.1 cm³/mol. The van der Waals surface area contributed by atoms with E-state index in [0.29, 0.717) is 18.5 Å². The molecule has 0 radical (unpaired) electrons. The molecule has 1 aromatic rings. The van der Waals surface area contributed by atoms with Crippen molar-refractivity contribution in [3.63, 3.8) is 0 Å². The quantitative estimate of drug-likeness (QED) is 0.815. The standard InChI is InChI=1S/C16H19BrN2O4/c1-10(9-14(20)21)18-15(22)13-3-2-8-19(13)16(23)11-4-6-12(17)7-5-11/h4-7,10,13H,2-3,8-9H2,1H3,(H,18,22)(H,20,21). The summed E-state index contributed by atoms with van der Waals surface area (Å²) in [5.41, 5.74) is 0.534. The van der Waals surface area contributed by atoms with Gasteiger partial charge in [-0.05, 0) is 44.0 Å². The molecule has 0 aromatic heterocycles. The number of benzene rings is 1. The van der Waals surface area contributed by atoms with Gasteiger partial charge in [-0.15, -0.1) is 0 Å². The van der Waals surface area contributed by atoms with Crippen LogP contribution in [0.1, 0.15) is 36.5 Å². The van der Waals surface area contributed by atoms with Gasteiger partial charge < -0.3 is 15.3 Å². The topological polar surface area (TPSA) is 86.7 Å². The van der Waals surface area contributed by atoms with E-state index in [1.165, 1.54) is 0 Å². The second kappa shape index (κ2) is 7.59. The van der Waals surface area contributed by atoms with Gasteiger partial charge in [0.2, 0.25) is 5.91 Å². The fourth-order valence-corrected chi connectivity index (χ4v) is 2.96. The van der Waals surface area contributed by atoms with E-state index in [4.69, 9.17) is 5.11 Å². The minimum Gasteiger partial charge on any atom is -0.481 e. The number of hydrogen-bond acceptors (Lipinski definition) is 3. The van der Waals surface area contributed by atoms with Gasteiger partial charge in [-0.25, -0.2) is 0 Å².